The molecular formula is C25H29F2N3O4. The van der Waals surface area contributed by atoms with E-state index in [9.17, 15) is 13.6 Å². The Morgan fingerprint density at radius 2 is 1.97 bits per heavy atom. The minimum atomic E-state index is -1.22. The third-order valence-electron chi connectivity index (χ3n) is 5.45. The summed E-state index contributed by atoms with van der Waals surface area (Å²) in [6.07, 6.45) is 2.17. The number of amides is 1. The summed E-state index contributed by atoms with van der Waals surface area (Å²) in [5.74, 6) is -0.702. The molecule has 3 N–H and O–H groups in total. The molecular weight excluding hydrogens is 444 g/mol. The van der Waals surface area contributed by atoms with Gasteiger partial charge < -0.3 is 14.6 Å². The van der Waals surface area contributed by atoms with Gasteiger partial charge in [-0.1, -0.05) is 6.08 Å². The fraction of sp³-hybridized carbons (Fsp3) is 0.360. The fourth-order valence-corrected chi connectivity index (χ4v) is 3.62. The number of aliphatic hydroxyl groups is 1. The summed E-state index contributed by atoms with van der Waals surface area (Å²) >= 11 is 0. The van der Waals surface area contributed by atoms with Gasteiger partial charge in [-0.2, -0.15) is 0 Å². The van der Waals surface area contributed by atoms with E-state index in [2.05, 4.69) is 22.4 Å². The van der Waals surface area contributed by atoms with Crippen LogP contribution in [0.2, 0.25) is 0 Å². The monoisotopic (exact) mass is 473 g/mol. The molecule has 0 fully saturated rings. The molecule has 0 spiro atoms. The highest BCUT2D eigenvalue weighted by Crippen LogP contribution is 2.32. The average molecular weight is 474 g/mol. The zero-order valence-corrected chi connectivity index (χ0v) is 19.0. The molecule has 0 radical (unpaired) electrons. The highest BCUT2D eigenvalue weighted by atomic mass is 19.1. The Morgan fingerprint density at radius 1 is 1.26 bits per heavy atom. The number of hydrazine groups is 1. The van der Waals surface area contributed by atoms with Crippen molar-refractivity contribution in [2.75, 3.05) is 19.8 Å². The molecule has 2 atom stereocenters. The lowest BCUT2D eigenvalue weighted by Gasteiger charge is -2.26. The van der Waals surface area contributed by atoms with Crippen molar-refractivity contribution in [1.29, 1.82) is 0 Å². The summed E-state index contributed by atoms with van der Waals surface area (Å²) in [6.45, 7) is 6.26. The first-order valence-electron chi connectivity index (χ1n) is 11.1. The van der Waals surface area contributed by atoms with E-state index in [1.54, 1.807) is 37.3 Å². The average Bonchev–Trinajstić information content (AvgIpc) is 3.14. The second-order valence-corrected chi connectivity index (χ2v) is 7.95. The Labute approximate surface area is 197 Å². The molecule has 0 aliphatic carbocycles. The van der Waals surface area contributed by atoms with Gasteiger partial charge in [0.05, 0.1) is 6.61 Å². The number of hydrogen-bond donors (Lipinski definition) is 3. The second-order valence-electron chi connectivity index (χ2n) is 7.95. The summed E-state index contributed by atoms with van der Waals surface area (Å²) in [5, 5.41) is 8.85. The molecule has 2 aromatic carbocycles. The van der Waals surface area contributed by atoms with Crippen LogP contribution in [0.3, 0.4) is 0 Å². The smallest absolute Gasteiger partial charge is 0.266 e. The van der Waals surface area contributed by atoms with Gasteiger partial charge in [-0.15, -0.1) is 6.58 Å². The fourth-order valence-electron chi connectivity index (χ4n) is 3.62. The number of aliphatic hydroxyl groups excluding tert-OH is 1. The third-order valence-corrected chi connectivity index (χ3v) is 5.45. The molecule has 182 valence electrons. The first-order valence-corrected chi connectivity index (χ1v) is 11.1. The van der Waals surface area contributed by atoms with Crippen LogP contribution >= 0.6 is 0 Å². The quantitative estimate of drug-likeness (QED) is 0.250. The van der Waals surface area contributed by atoms with Crippen LogP contribution in [0.15, 0.2) is 60.1 Å². The normalized spacial score (nSPS) is 19.3. The number of rotatable bonds is 12. The SMILES string of the molecule is C=CC[C@]1(C(=O)NNCCc2cc(F)cc(F)c2)N=C(c2ccc(OCCCO)cc2)O[C@H]1C. The molecule has 9 heteroatoms. The van der Waals surface area contributed by atoms with Crippen molar-refractivity contribution in [3.8, 4) is 5.75 Å². The molecule has 1 heterocycles. The summed E-state index contributed by atoms with van der Waals surface area (Å²) in [6, 6.07) is 10.4. The van der Waals surface area contributed by atoms with E-state index < -0.39 is 29.2 Å². The number of halogens is 2. The lowest BCUT2D eigenvalue weighted by molar-refractivity contribution is -0.129. The van der Waals surface area contributed by atoms with Crippen molar-refractivity contribution in [3.63, 3.8) is 0 Å². The van der Waals surface area contributed by atoms with Crippen LogP contribution in [0.4, 0.5) is 8.78 Å². The van der Waals surface area contributed by atoms with Crippen molar-refractivity contribution in [1.82, 2.24) is 10.9 Å². The number of nitrogens with zero attached hydrogens (tertiary/aromatic N) is 1. The van der Waals surface area contributed by atoms with Gasteiger partial charge in [-0.05, 0) is 55.3 Å². The standard InChI is InChI=1S/C25H29F2N3O4/c1-3-10-25(24(32)30-28-11-9-18-14-20(26)16-21(27)15-18)17(2)34-23(29-25)19-5-7-22(8-6-19)33-13-4-12-31/h3,5-8,14-17,28,31H,1,4,9-13H2,2H3,(H,30,32)/t17-,25-/m0/s1. The molecule has 7 nitrogen and oxygen atoms in total. The zero-order chi connectivity index (χ0) is 24.6. The van der Waals surface area contributed by atoms with E-state index in [0.29, 0.717) is 42.2 Å². The van der Waals surface area contributed by atoms with Crippen molar-refractivity contribution >= 4 is 11.8 Å². The van der Waals surface area contributed by atoms with Gasteiger partial charge in [-0.25, -0.2) is 19.2 Å². The van der Waals surface area contributed by atoms with Crippen molar-refractivity contribution < 1.29 is 28.2 Å². The lowest BCUT2D eigenvalue weighted by Crippen LogP contribution is -2.54. The second kappa shape index (κ2) is 11.7. The first kappa shape index (κ1) is 25.3. The maximum absolute atomic E-state index is 13.3. The number of aliphatic imine (C=N–C) groups is 1. The van der Waals surface area contributed by atoms with Crippen LogP contribution in [0.5, 0.6) is 5.75 Å². The Kier molecular flexibility index (Phi) is 8.72. The molecule has 0 aromatic heterocycles. The topological polar surface area (TPSA) is 92.2 Å². The largest absolute Gasteiger partial charge is 0.494 e. The van der Waals surface area contributed by atoms with Gasteiger partial charge in [0.15, 0.2) is 5.54 Å². The van der Waals surface area contributed by atoms with E-state index >= 15 is 0 Å². The predicted octanol–water partition coefficient (Wildman–Crippen LogP) is 3.07. The maximum atomic E-state index is 13.3. The minimum Gasteiger partial charge on any atom is -0.494 e. The third kappa shape index (κ3) is 6.18. The molecule has 34 heavy (non-hydrogen) atoms. The van der Waals surface area contributed by atoms with Crippen molar-refractivity contribution in [2.45, 2.75) is 37.8 Å². The Hall–Kier alpha value is -3.30. The van der Waals surface area contributed by atoms with Crippen molar-refractivity contribution in [3.05, 3.63) is 77.9 Å². The van der Waals surface area contributed by atoms with Crippen LogP contribution in [0.25, 0.3) is 0 Å². The van der Waals surface area contributed by atoms with Gasteiger partial charge in [-0.3, -0.25) is 10.2 Å². The van der Waals surface area contributed by atoms with E-state index in [-0.39, 0.29) is 19.6 Å². The van der Waals surface area contributed by atoms with Crippen LogP contribution in [0, 0.1) is 11.6 Å². The number of benzene rings is 2. The van der Waals surface area contributed by atoms with Crippen molar-refractivity contribution in [2.24, 2.45) is 4.99 Å². The van der Waals surface area contributed by atoms with E-state index in [4.69, 9.17) is 14.6 Å². The van der Waals surface area contributed by atoms with Gasteiger partial charge in [0, 0.05) is 37.6 Å². The van der Waals surface area contributed by atoms with Crippen LogP contribution in [0.1, 0.15) is 30.9 Å². The Balaban J connectivity index is 1.64. The first-order chi connectivity index (χ1) is 16.4. The molecule has 1 aliphatic heterocycles. The number of hydrogen-bond acceptors (Lipinski definition) is 6. The predicted molar refractivity (Wildman–Crippen MR) is 124 cm³/mol. The molecule has 0 saturated heterocycles. The van der Waals surface area contributed by atoms with Gasteiger partial charge in [0.2, 0.25) is 5.90 Å². The van der Waals surface area contributed by atoms with Gasteiger partial charge in [0.1, 0.15) is 23.5 Å². The summed E-state index contributed by atoms with van der Waals surface area (Å²) in [7, 11) is 0. The zero-order valence-electron chi connectivity index (χ0n) is 19.0. The highest BCUT2D eigenvalue weighted by Gasteiger charge is 2.49. The summed E-state index contributed by atoms with van der Waals surface area (Å²) in [5.41, 5.74) is 5.39. The van der Waals surface area contributed by atoms with E-state index in [0.717, 1.165) is 6.07 Å². The van der Waals surface area contributed by atoms with E-state index in [1.165, 1.54) is 12.1 Å². The van der Waals surface area contributed by atoms with Crippen LogP contribution < -0.4 is 15.6 Å². The number of ether oxygens (including phenoxy) is 2. The van der Waals surface area contributed by atoms with Crippen LogP contribution in [-0.4, -0.2) is 48.3 Å². The number of nitrogens with one attached hydrogen (secondary N) is 2. The molecule has 0 saturated carbocycles. The highest BCUT2D eigenvalue weighted by molar-refractivity contribution is 6.00. The molecule has 0 unspecified atom stereocenters. The van der Waals surface area contributed by atoms with E-state index in [1.807, 2.05) is 0 Å². The Bertz CT molecular complexity index is 1010. The molecule has 0 bridgehead atoms. The summed E-state index contributed by atoms with van der Waals surface area (Å²) < 4.78 is 38.1. The van der Waals surface area contributed by atoms with Gasteiger partial charge >= 0.3 is 0 Å². The molecule has 1 aliphatic rings. The minimum absolute atomic E-state index is 0.0618. The molecule has 3 rings (SSSR count). The summed E-state index contributed by atoms with van der Waals surface area (Å²) in [4.78, 5) is 17.7. The lowest BCUT2D eigenvalue weighted by atomic mass is 9.90. The number of carbonyl (C=O) groups excluding carboxylic acids is 1. The maximum Gasteiger partial charge on any atom is 0.266 e. The molecule has 2 aromatic rings. The Morgan fingerprint density at radius 3 is 2.62 bits per heavy atom. The van der Waals surface area contributed by atoms with Gasteiger partial charge in [0.25, 0.3) is 5.91 Å². The number of carbonyl (C=O) groups is 1. The molecule has 1 amide bonds. The van der Waals surface area contributed by atoms with Crippen LogP contribution in [-0.2, 0) is 16.0 Å².